The fourth-order valence-electron chi connectivity index (χ4n) is 1.09. The van der Waals surface area contributed by atoms with E-state index in [4.69, 9.17) is 0 Å². The van der Waals surface area contributed by atoms with Gasteiger partial charge in [-0.05, 0) is 74.8 Å². The summed E-state index contributed by atoms with van der Waals surface area (Å²) < 4.78 is 2.91. The molecule has 0 saturated heterocycles. The molecule has 0 bridgehead atoms. The highest BCUT2D eigenvalue weighted by molar-refractivity contribution is 8.90. The number of hydrogen-bond donors (Lipinski definition) is 0. The number of hydrogen-bond acceptors (Lipinski definition) is 2. The molecule has 2 nitrogen and oxygen atoms in total. The maximum atomic E-state index is 2.27. The molecule has 0 aliphatic carbocycles. The van der Waals surface area contributed by atoms with E-state index in [2.05, 4.69) is 63.0 Å². The Hall–Kier alpha value is 1.06. The van der Waals surface area contributed by atoms with Crippen LogP contribution >= 0.6 is 42.6 Å². The van der Waals surface area contributed by atoms with Crippen molar-refractivity contribution in [3.63, 3.8) is 0 Å². The van der Waals surface area contributed by atoms with E-state index in [1.165, 1.54) is 8.64 Å². The normalized spacial score (nSPS) is 12.0. The predicted molar refractivity (Wildman–Crippen MR) is 91.4 cm³/mol. The fraction of sp³-hybridized carbons (Fsp3) is 0.800. The van der Waals surface area contributed by atoms with Crippen LogP contribution in [0.1, 0.15) is 0 Å². The first-order valence-corrected chi connectivity index (χ1v) is 11.1. The minimum absolute atomic E-state index is 0.330. The van der Waals surface area contributed by atoms with Gasteiger partial charge >= 0.3 is 0 Å². The van der Waals surface area contributed by atoms with Gasteiger partial charge in [0.2, 0.25) is 0 Å². The first kappa shape index (κ1) is 17.1. The van der Waals surface area contributed by atoms with Crippen molar-refractivity contribution in [2.24, 2.45) is 0 Å². The Kier molecular flexibility index (Phi) is 8.76. The lowest BCUT2D eigenvalue weighted by Gasteiger charge is -2.20. The molecule has 0 spiro atoms. The van der Waals surface area contributed by atoms with Gasteiger partial charge in [0, 0.05) is 0 Å². The van der Waals surface area contributed by atoms with E-state index in [1.54, 1.807) is 0 Å². The summed E-state index contributed by atoms with van der Waals surface area (Å²) in [5, 5.41) is 0. The van der Waals surface area contributed by atoms with Gasteiger partial charge in [-0.3, -0.25) is 9.80 Å². The largest absolute Gasteiger partial charge is 0.270 e. The maximum Gasteiger partial charge on any atom is 0.0860 e. The van der Waals surface area contributed by atoms with Crippen molar-refractivity contribution in [1.29, 1.82) is 0 Å². The SMILES string of the molecule is CN(C)C(SSC(N(C)C)=S(C)C)=S(C)C. The summed E-state index contributed by atoms with van der Waals surface area (Å²) in [6.45, 7) is 0. The third-order valence-corrected chi connectivity index (χ3v) is 9.17. The van der Waals surface area contributed by atoms with E-state index < -0.39 is 0 Å². The van der Waals surface area contributed by atoms with E-state index in [0.717, 1.165) is 0 Å². The van der Waals surface area contributed by atoms with Crippen molar-refractivity contribution in [3.8, 4) is 0 Å². The zero-order valence-electron chi connectivity index (χ0n) is 11.5. The second-order valence-electron chi connectivity index (χ2n) is 4.12. The Morgan fingerprint density at radius 2 is 0.938 bits per heavy atom. The van der Waals surface area contributed by atoms with Gasteiger partial charge in [-0.15, -0.1) is 0 Å². The van der Waals surface area contributed by atoms with Gasteiger partial charge < -0.3 is 0 Å². The molecule has 0 radical (unpaired) electrons. The molecule has 0 unspecified atom stereocenters. The molecule has 0 aromatic heterocycles. The topological polar surface area (TPSA) is 6.48 Å². The fourth-order valence-corrected chi connectivity index (χ4v) is 8.46. The molecule has 0 fully saturated rings. The summed E-state index contributed by atoms with van der Waals surface area (Å²) in [7, 11) is 13.0. The highest BCUT2D eigenvalue weighted by Crippen LogP contribution is 2.33. The minimum atomic E-state index is 0.330. The number of rotatable bonds is 0. The van der Waals surface area contributed by atoms with Crippen molar-refractivity contribution in [3.05, 3.63) is 0 Å². The van der Waals surface area contributed by atoms with Crippen molar-refractivity contribution in [2.45, 2.75) is 0 Å². The van der Waals surface area contributed by atoms with Crippen molar-refractivity contribution < 1.29 is 0 Å². The molecule has 0 aliphatic rings. The Bertz CT molecular complexity index is 257. The molecule has 0 rings (SSSR count). The van der Waals surface area contributed by atoms with Crippen molar-refractivity contribution in [1.82, 2.24) is 9.80 Å². The third-order valence-electron chi connectivity index (χ3n) is 1.61. The van der Waals surface area contributed by atoms with E-state index in [0.29, 0.717) is 21.0 Å². The zero-order chi connectivity index (χ0) is 12.9. The third kappa shape index (κ3) is 6.12. The summed E-state index contributed by atoms with van der Waals surface area (Å²) in [5.74, 6) is 0. The standard InChI is InChI=1S/C10H24N2S4/c1-11(2)9(15(5)6)13-14-10(12(3)4)16(7)8/h1-8H3. The van der Waals surface area contributed by atoms with Gasteiger partial charge in [0.15, 0.2) is 0 Å². The smallest absolute Gasteiger partial charge is 0.0860 e. The molecule has 0 aliphatic heterocycles. The van der Waals surface area contributed by atoms with Crippen molar-refractivity contribution >= 4 is 51.2 Å². The predicted octanol–water partition coefficient (Wildman–Crippen LogP) is 2.72. The second kappa shape index (κ2) is 8.21. The quantitative estimate of drug-likeness (QED) is 0.501. The van der Waals surface area contributed by atoms with Crippen LogP contribution in [0.15, 0.2) is 0 Å². The summed E-state index contributed by atoms with van der Waals surface area (Å²) in [6, 6.07) is 0. The first-order valence-electron chi connectivity index (χ1n) is 4.85. The summed E-state index contributed by atoms with van der Waals surface area (Å²) in [4.78, 5) is 4.47. The first-order chi connectivity index (χ1) is 7.27. The van der Waals surface area contributed by atoms with Crippen LogP contribution in [0.3, 0.4) is 0 Å². The van der Waals surface area contributed by atoms with Gasteiger partial charge in [0.25, 0.3) is 0 Å². The van der Waals surface area contributed by atoms with Crippen LogP contribution in [0, 0.1) is 0 Å². The van der Waals surface area contributed by atoms with Crippen molar-refractivity contribution in [2.75, 3.05) is 53.2 Å². The van der Waals surface area contributed by atoms with Crippen LogP contribution in [0.4, 0.5) is 0 Å². The Morgan fingerprint density at radius 1 is 0.688 bits per heavy atom. The molecule has 0 N–H and O–H groups in total. The lowest BCUT2D eigenvalue weighted by atomic mass is 11.0. The Morgan fingerprint density at radius 3 is 1.06 bits per heavy atom. The molecule has 98 valence electrons. The molecule has 16 heavy (non-hydrogen) atoms. The average molecular weight is 301 g/mol. The maximum absolute atomic E-state index is 2.27. The van der Waals surface area contributed by atoms with Gasteiger partial charge in [0.05, 0.1) is 8.64 Å². The van der Waals surface area contributed by atoms with Crippen LogP contribution in [-0.2, 0) is 0 Å². The molecular formula is C10H24N2S4. The Balaban J connectivity index is 4.67. The highest BCUT2D eigenvalue weighted by Gasteiger charge is 2.09. The van der Waals surface area contributed by atoms with Crippen LogP contribution in [0.5, 0.6) is 0 Å². The van der Waals surface area contributed by atoms with E-state index in [9.17, 15) is 0 Å². The lowest BCUT2D eigenvalue weighted by Crippen LogP contribution is -2.21. The van der Waals surface area contributed by atoms with Crippen LogP contribution in [-0.4, -0.2) is 71.7 Å². The molecule has 0 saturated carbocycles. The van der Waals surface area contributed by atoms with Gasteiger partial charge in [-0.25, -0.2) is 0 Å². The minimum Gasteiger partial charge on any atom is -0.270 e. The number of nitrogens with zero attached hydrogens (tertiary/aromatic N) is 2. The molecule has 0 atom stereocenters. The molecule has 0 aromatic rings. The molecule has 6 heteroatoms. The zero-order valence-corrected chi connectivity index (χ0v) is 14.8. The molecular weight excluding hydrogens is 276 g/mol. The average Bonchev–Trinajstić information content (AvgIpc) is 2.09. The van der Waals surface area contributed by atoms with E-state index in [-0.39, 0.29) is 0 Å². The second-order valence-corrected chi connectivity index (χ2v) is 10.8. The summed E-state index contributed by atoms with van der Waals surface area (Å²) >= 11 is 0. The molecule has 0 aromatic carbocycles. The molecule has 0 amide bonds. The summed E-state index contributed by atoms with van der Waals surface area (Å²) in [6.07, 6.45) is 9.09. The van der Waals surface area contributed by atoms with Gasteiger partial charge in [-0.2, -0.15) is 21.0 Å². The van der Waals surface area contributed by atoms with Crippen LogP contribution < -0.4 is 0 Å². The highest BCUT2D eigenvalue weighted by atomic mass is 33.1. The van der Waals surface area contributed by atoms with Gasteiger partial charge in [0.1, 0.15) is 0 Å². The monoisotopic (exact) mass is 300 g/mol. The van der Waals surface area contributed by atoms with Crippen LogP contribution in [0.25, 0.3) is 0 Å². The van der Waals surface area contributed by atoms with Gasteiger partial charge in [-0.1, -0.05) is 0 Å². The summed E-state index contributed by atoms with van der Waals surface area (Å²) in [5.41, 5.74) is 0. The lowest BCUT2D eigenvalue weighted by molar-refractivity contribution is 0.647. The van der Waals surface area contributed by atoms with E-state index >= 15 is 0 Å². The molecule has 0 heterocycles. The van der Waals surface area contributed by atoms with Crippen LogP contribution in [0.2, 0.25) is 0 Å². The Labute approximate surface area is 114 Å². The van der Waals surface area contributed by atoms with E-state index in [1.807, 2.05) is 21.6 Å².